The van der Waals surface area contributed by atoms with E-state index in [-0.39, 0.29) is 23.8 Å². The van der Waals surface area contributed by atoms with Gasteiger partial charge in [-0.3, -0.25) is 4.79 Å². The van der Waals surface area contributed by atoms with Crippen LogP contribution in [0.25, 0.3) is 10.6 Å². The number of thiazole rings is 1. The predicted octanol–water partition coefficient (Wildman–Crippen LogP) is 3.69. The molecule has 8 nitrogen and oxygen atoms in total. The fourth-order valence-corrected chi connectivity index (χ4v) is 5.45. The lowest BCUT2D eigenvalue weighted by molar-refractivity contribution is -0.144. The molecule has 0 radical (unpaired) electrons. The van der Waals surface area contributed by atoms with E-state index in [0.29, 0.717) is 23.8 Å². The molecule has 2 aromatic heterocycles. The number of aromatic nitrogens is 1. The molecule has 0 spiro atoms. The molecule has 0 aliphatic heterocycles. The minimum absolute atomic E-state index is 0.0151. The smallest absolute Gasteiger partial charge is 0.307 e. The van der Waals surface area contributed by atoms with Crippen molar-refractivity contribution in [3.05, 3.63) is 46.8 Å². The molecule has 0 atom stereocenters. The number of methoxy groups -OCH3 is 1. The zero-order valence-electron chi connectivity index (χ0n) is 17.0. The molecule has 31 heavy (non-hydrogen) atoms. The molecule has 0 bridgehead atoms. The van der Waals surface area contributed by atoms with Gasteiger partial charge in [-0.2, -0.15) is 0 Å². The van der Waals surface area contributed by atoms with Crippen molar-refractivity contribution in [2.24, 2.45) is 0 Å². The van der Waals surface area contributed by atoms with Gasteiger partial charge in [0, 0.05) is 17.5 Å². The van der Waals surface area contributed by atoms with Crippen LogP contribution in [0.15, 0.2) is 45.3 Å². The van der Waals surface area contributed by atoms with Crippen molar-refractivity contribution >= 4 is 38.7 Å². The zero-order valence-corrected chi connectivity index (χ0v) is 19.4. The van der Waals surface area contributed by atoms with Crippen LogP contribution in [0.1, 0.15) is 19.0 Å². The maximum atomic E-state index is 12.0. The van der Waals surface area contributed by atoms with Gasteiger partial charge in [-0.1, -0.05) is 6.07 Å². The highest BCUT2D eigenvalue weighted by Crippen LogP contribution is 2.33. The van der Waals surface area contributed by atoms with Crippen LogP contribution in [0.2, 0.25) is 0 Å². The molecule has 0 amide bonds. The number of benzene rings is 1. The van der Waals surface area contributed by atoms with Crippen molar-refractivity contribution in [1.82, 2.24) is 9.71 Å². The summed E-state index contributed by atoms with van der Waals surface area (Å²) < 4.78 is 42.7. The van der Waals surface area contributed by atoms with Crippen molar-refractivity contribution in [2.45, 2.75) is 24.2 Å². The van der Waals surface area contributed by atoms with Crippen LogP contribution in [-0.4, -0.2) is 39.6 Å². The van der Waals surface area contributed by atoms with Crippen molar-refractivity contribution in [1.29, 1.82) is 0 Å². The third kappa shape index (κ3) is 6.26. The molecular formula is C20H22N2O6S3. The van der Waals surface area contributed by atoms with Gasteiger partial charge >= 0.3 is 5.97 Å². The molecule has 1 N–H and O–H groups in total. The molecule has 3 aromatic rings. The third-order valence-electron chi connectivity index (χ3n) is 4.02. The topological polar surface area (TPSA) is 104 Å². The van der Waals surface area contributed by atoms with Gasteiger partial charge in [-0.05, 0) is 36.6 Å². The fraction of sp³-hybridized carbons (Fsp3) is 0.300. The van der Waals surface area contributed by atoms with Gasteiger partial charge in [0.15, 0.2) is 11.5 Å². The summed E-state index contributed by atoms with van der Waals surface area (Å²) >= 11 is 2.54. The van der Waals surface area contributed by atoms with Crippen molar-refractivity contribution < 1.29 is 27.4 Å². The van der Waals surface area contributed by atoms with Crippen LogP contribution < -0.4 is 14.2 Å². The van der Waals surface area contributed by atoms with E-state index in [4.69, 9.17) is 14.2 Å². The number of carbonyl (C=O) groups is 1. The Balaban J connectivity index is 1.50. The van der Waals surface area contributed by atoms with Crippen molar-refractivity contribution in [3.8, 4) is 22.1 Å². The van der Waals surface area contributed by atoms with Crippen LogP contribution in [0.5, 0.6) is 11.5 Å². The second-order valence-corrected chi connectivity index (χ2v) is 9.98. The Hall–Kier alpha value is -2.47. The van der Waals surface area contributed by atoms with Crippen LogP contribution in [0.3, 0.4) is 0 Å². The first-order valence-electron chi connectivity index (χ1n) is 9.37. The molecule has 0 aliphatic rings. The average molecular weight is 483 g/mol. The molecule has 166 valence electrons. The minimum Gasteiger partial charge on any atom is -0.493 e. The van der Waals surface area contributed by atoms with Gasteiger partial charge in [0.1, 0.15) is 15.8 Å². The summed E-state index contributed by atoms with van der Waals surface area (Å²) in [7, 11) is -2.01. The third-order valence-corrected chi connectivity index (χ3v) is 7.82. The number of hydrogen-bond donors (Lipinski definition) is 1. The average Bonchev–Trinajstić information content (AvgIpc) is 3.45. The Morgan fingerprint density at radius 1 is 1.19 bits per heavy atom. The van der Waals surface area contributed by atoms with E-state index in [0.717, 1.165) is 21.9 Å². The summed E-state index contributed by atoms with van der Waals surface area (Å²) in [5.74, 6) is 0.771. The van der Waals surface area contributed by atoms with Crippen LogP contribution in [0, 0.1) is 0 Å². The maximum absolute atomic E-state index is 12.0. The molecule has 3 rings (SSSR count). The van der Waals surface area contributed by atoms with E-state index >= 15 is 0 Å². The molecule has 0 fully saturated rings. The highest BCUT2D eigenvalue weighted by atomic mass is 32.2. The van der Waals surface area contributed by atoms with Gasteiger partial charge in [0.25, 0.3) is 0 Å². The Morgan fingerprint density at radius 3 is 2.74 bits per heavy atom. The predicted molar refractivity (Wildman–Crippen MR) is 119 cm³/mol. The number of hydrogen-bond acceptors (Lipinski definition) is 9. The van der Waals surface area contributed by atoms with E-state index in [1.54, 1.807) is 18.6 Å². The van der Waals surface area contributed by atoms with Crippen molar-refractivity contribution in [3.63, 3.8) is 0 Å². The van der Waals surface area contributed by atoms with Crippen molar-refractivity contribution in [2.75, 3.05) is 20.3 Å². The molecule has 0 saturated heterocycles. The number of thiophene rings is 1. The lowest BCUT2D eigenvalue weighted by atomic mass is 10.2. The van der Waals surface area contributed by atoms with E-state index in [9.17, 15) is 13.2 Å². The van der Waals surface area contributed by atoms with Gasteiger partial charge in [0.05, 0.1) is 25.8 Å². The number of esters is 1. The SMILES string of the molecule is CCOc1ccc(-c2nc(COC(=O)CCNS(=O)(=O)c3cccs3)cs2)cc1OC. The second-order valence-electron chi connectivity index (χ2n) is 6.18. The van der Waals surface area contributed by atoms with E-state index in [1.807, 2.05) is 30.5 Å². The van der Waals surface area contributed by atoms with E-state index in [1.165, 1.54) is 17.4 Å². The Labute approximate surface area is 188 Å². The summed E-state index contributed by atoms with van der Waals surface area (Å²) in [6, 6.07) is 8.72. The normalized spacial score (nSPS) is 11.3. The largest absolute Gasteiger partial charge is 0.493 e. The first-order chi connectivity index (χ1) is 14.9. The Morgan fingerprint density at radius 2 is 2.03 bits per heavy atom. The molecule has 0 aliphatic carbocycles. The first-order valence-corrected chi connectivity index (χ1v) is 12.6. The van der Waals surface area contributed by atoms with Crippen LogP contribution in [0.4, 0.5) is 0 Å². The Kier molecular flexibility index (Phi) is 8.02. The highest BCUT2D eigenvalue weighted by Gasteiger charge is 2.16. The molecule has 0 saturated carbocycles. The van der Waals surface area contributed by atoms with E-state index < -0.39 is 16.0 Å². The monoisotopic (exact) mass is 482 g/mol. The minimum atomic E-state index is -3.59. The van der Waals surface area contributed by atoms with E-state index in [2.05, 4.69) is 9.71 Å². The summed E-state index contributed by atoms with van der Waals surface area (Å²) in [5, 5.41) is 4.25. The summed E-state index contributed by atoms with van der Waals surface area (Å²) in [6.45, 7) is 2.42. The first kappa shape index (κ1) is 23.2. The highest BCUT2D eigenvalue weighted by molar-refractivity contribution is 7.91. The van der Waals surface area contributed by atoms with Gasteiger partial charge in [0.2, 0.25) is 10.0 Å². The van der Waals surface area contributed by atoms with Crippen LogP contribution in [-0.2, 0) is 26.2 Å². The summed E-state index contributed by atoms with van der Waals surface area (Å²) in [6.07, 6.45) is -0.0717. The molecule has 11 heteroatoms. The van der Waals surface area contributed by atoms with Gasteiger partial charge in [-0.25, -0.2) is 18.1 Å². The van der Waals surface area contributed by atoms with Crippen LogP contribution >= 0.6 is 22.7 Å². The fourth-order valence-electron chi connectivity index (χ4n) is 2.58. The van der Waals surface area contributed by atoms with Gasteiger partial charge in [-0.15, -0.1) is 22.7 Å². The number of carbonyl (C=O) groups excluding carboxylic acids is 1. The number of ether oxygens (including phenoxy) is 3. The Bertz CT molecular complexity index is 1110. The number of sulfonamides is 1. The zero-order chi connectivity index (χ0) is 22.3. The molecule has 2 heterocycles. The molecular weight excluding hydrogens is 460 g/mol. The standard InChI is InChI=1S/C20H22N2O6S3/c1-3-27-16-7-6-14(11-17(16)26-2)20-22-15(13-30-20)12-28-18(23)8-9-21-31(24,25)19-5-4-10-29-19/h4-7,10-11,13,21H,3,8-9,12H2,1-2H3. The lowest BCUT2D eigenvalue weighted by Crippen LogP contribution is -2.26. The molecule has 1 aromatic carbocycles. The summed E-state index contributed by atoms with van der Waals surface area (Å²) in [4.78, 5) is 16.4. The summed E-state index contributed by atoms with van der Waals surface area (Å²) in [5.41, 5.74) is 1.48. The second kappa shape index (κ2) is 10.7. The number of rotatable bonds is 11. The quantitative estimate of drug-likeness (QED) is 0.416. The lowest BCUT2D eigenvalue weighted by Gasteiger charge is -2.09. The van der Waals surface area contributed by atoms with Gasteiger partial charge < -0.3 is 14.2 Å². The maximum Gasteiger partial charge on any atom is 0.307 e. The number of nitrogens with one attached hydrogen (secondary N) is 1. The number of nitrogens with zero attached hydrogens (tertiary/aromatic N) is 1. The molecule has 0 unspecified atom stereocenters.